The maximum absolute atomic E-state index is 8.86. The topological polar surface area (TPSA) is 51.6 Å². The van der Waals surface area contributed by atoms with Gasteiger partial charge in [-0.25, -0.2) is 4.98 Å². The van der Waals surface area contributed by atoms with Gasteiger partial charge >= 0.3 is 0 Å². The molecule has 4 heteroatoms. The van der Waals surface area contributed by atoms with E-state index in [0.29, 0.717) is 12.5 Å². The minimum Gasteiger partial charge on any atom is -0.475 e. The fourth-order valence-electron chi connectivity index (χ4n) is 1.71. The van der Waals surface area contributed by atoms with Crippen LogP contribution in [0.2, 0.25) is 0 Å². The lowest BCUT2D eigenvalue weighted by Gasteiger charge is -2.22. The quantitative estimate of drug-likeness (QED) is 0.840. The van der Waals surface area contributed by atoms with E-state index in [4.69, 9.17) is 14.6 Å². The highest BCUT2D eigenvalue weighted by atomic mass is 16.5. The van der Waals surface area contributed by atoms with E-state index in [1.54, 1.807) is 12.3 Å². The molecule has 1 aromatic heterocycles. The number of pyridine rings is 1. The van der Waals surface area contributed by atoms with Crippen LogP contribution in [0.15, 0.2) is 18.3 Å². The lowest BCUT2D eigenvalue weighted by atomic mass is 10.1. The number of aliphatic hydroxyl groups is 1. The van der Waals surface area contributed by atoms with Crippen molar-refractivity contribution in [3.63, 3.8) is 0 Å². The molecule has 1 aliphatic rings. The van der Waals surface area contributed by atoms with Crippen molar-refractivity contribution in [1.82, 2.24) is 4.98 Å². The highest BCUT2D eigenvalue weighted by Gasteiger charge is 2.14. The predicted molar refractivity (Wildman–Crippen MR) is 59.2 cm³/mol. The average molecular weight is 223 g/mol. The van der Waals surface area contributed by atoms with Gasteiger partial charge in [-0.2, -0.15) is 0 Å². The highest BCUT2D eigenvalue weighted by molar-refractivity contribution is 5.17. The van der Waals surface area contributed by atoms with E-state index in [1.807, 2.05) is 6.07 Å². The number of aromatic nitrogens is 1. The molecule has 2 rings (SSSR count). The number of hydrogen-bond donors (Lipinski definition) is 1. The third kappa shape index (κ3) is 3.18. The standard InChI is InChI=1S/C12H17NO3/c14-8-10-4-5-12(13-7-10)16-9-11-3-1-2-6-15-11/h4-5,7,11,14H,1-3,6,8-9H2. The Morgan fingerprint density at radius 1 is 1.44 bits per heavy atom. The average Bonchev–Trinajstić information content (AvgIpc) is 2.38. The van der Waals surface area contributed by atoms with E-state index in [0.717, 1.165) is 25.0 Å². The van der Waals surface area contributed by atoms with Gasteiger partial charge in [0.2, 0.25) is 5.88 Å². The zero-order chi connectivity index (χ0) is 11.2. The SMILES string of the molecule is OCc1ccc(OCC2CCCCO2)nc1. The van der Waals surface area contributed by atoms with Gasteiger partial charge in [-0.15, -0.1) is 0 Å². The number of ether oxygens (including phenoxy) is 2. The first-order valence-electron chi connectivity index (χ1n) is 5.68. The first kappa shape index (κ1) is 11.4. The van der Waals surface area contributed by atoms with E-state index in [1.165, 1.54) is 6.42 Å². The zero-order valence-electron chi connectivity index (χ0n) is 9.26. The molecule has 1 aromatic rings. The molecule has 1 atom stereocenters. The van der Waals surface area contributed by atoms with Gasteiger partial charge in [0, 0.05) is 18.9 Å². The van der Waals surface area contributed by atoms with Crippen LogP contribution in [0, 0.1) is 0 Å². The Morgan fingerprint density at radius 2 is 2.38 bits per heavy atom. The largest absolute Gasteiger partial charge is 0.475 e. The van der Waals surface area contributed by atoms with Gasteiger partial charge in [0.25, 0.3) is 0 Å². The molecule has 1 unspecified atom stereocenters. The summed E-state index contributed by atoms with van der Waals surface area (Å²) in [4.78, 5) is 4.10. The minimum absolute atomic E-state index is 0.0129. The van der Waals surface area contributed by atoms with Crippen LogP contribution >= 0.6 is 0 Å². The van der Waals surface area contributed by atoms with Gasteiger partial charge in [-0.05, 0) is 30.9 Å². The maximum atomic E-state index is 8.86. The summed E-state index contributed by atoms with van der Waals surface area (Å²) in [7, 11) is 0. The third-order valence-electron chi connectivity index (χ3n) is 2.67. The Bertz CT molecular complexity index is 307. The molecule has 88 valence electrons. The van der Waals surface area contributed by atoms with Gasteiger partial charge in [-0.3, -0.25) is 0 Å². The number of hydrogen-bond acceptors (Lipinski definition) is 4. The summed E-state index contributed by atoms with van der Waals surface area (Å²) >= 11 is 0. The van der Waals surface area contributed by atoms with Crippen LogP contribution in [0.1, 0.15) is 24.8 Å². The summed E-state index contributed by atoms with van der Waals surface area (Å²) < 4.78 is 11.1. The first-order chi connectivity index (χ1) is 7.88. The Balaban J connectivity index is 1.79. The Hall–Kier alpha value is -1.13. The van der Waals surface area contributed by atoms with Crippen LogP contribution in [0.4, 0.5) is 0 Å². The summed E-state index contributed by atoms with van der Waals surface area (Å²) in [5, 5.41) is 8.86. The Morgan fingerprint density at radius 3 is 3.00 bits per heavy atom. The molecule has 1 saturated heterocycles. The van der Waals surface area contributed by atoms with E-state index in [2.05, 4.69) is 4.98 Å². The summed E-state index contributed by atoms with van der Waals surface area (Å²) in [6, 6.07) is 3.58. The van der Waals surface area contributed by atoms with Crippen molar-refractivity contribution in [2.45, 2.75) is 32.0 Å². The van der Waals surface area contributed by atoms with Crippen molar-refractivity contribution in [3.05, 3.63) is 23.9 Å². The molecule has 0 saturated carbocycles. The van der Waals surface area contributed by atoms with Crippen LogP contribution < -0.4 is 4.74 Å². The van der Waals surface area contributed by atoms with Crippen LogP contribution in [0.3, 0.4) is 0 Å². The Kier molecular flexibility index (Phi) is 4.13. The van der Waals surface area contributed by atoms with Crippen molar-refractivity contribution in [3.8, 4) is 5.88 Å². The predicted octanol–water partition coefficient (Wildman–Crippen LogP) is 1.52. The van der Waals surface area contributed by atoms with E-state index in [9.17, 15) is 0 Å². The van der Waals surface area contributed by atoms with Crippen LogP contribution in [0.5, 0.6) is 5.88 Å². The van der Waals surface area contributed by atoms with Crippen molar-refractivity contribution in [2.24, 2.45) is 0 Å². The summed E-state index contributed by atoms with van der Waals surface area (Å²) in [6.07, 6.45) is 5.25. The van der Waals surface area contributed by atoms with Crippen molar-refractivity contribution >= 4 is 0 Å². The first-order valence-corrected chi connectivity index (χ1v) is 5.68. The zero-order valence-corrected chi connectivity index (χ0v) is 9.26. The third-order valence-corrected chi connectivity index (χ3v) is 2.67. The van der Waals surface area contributed by atoms with Crippen molar-refractivity contribution in [2.75, 3.05) is 13.2 Å². The molecule has 1 fully saturated rings. The molecule has 16 heavy (non-hydrogen) atoms. The monoisotopic (exact) mass is 223 g/mol. The molecule has 1 N–H and O–H groups in total. The summed E-state index contributed by atoms with van der Waals surface area (Å²) in [5.41, 5.74) is 0.793. The molecule has 0 radical (unpaired) electrons. The fraction of sp³-hybridized carbons (Fsp3) is 0.583. The van der Waals surface area contributed by atoms with E-state index >= 15 is 0 Å². The number of rotatable bonds is 4. The summed E-state index contributed by atoms with van der Waals surface area (Å²) in [5.74, 6) is 0.589. The van der Waals surface area contributed by atoms with Gasteiger partial charge in [-0.1, -0.05) is 0 Å². The van der Waals surface area contributed by atoms with Crippen LogP contribution in [0.25, 0.3) is 0 Å². The second-order valence-corrected chi connectivity index (χ2v) is 3.96. The number of nitrogens with zero attached hydrogens (tertiary/aromatic N) is 1. The molecule has 0 amide bonds. The highest BCUT2D eigenvalue weighted by Crippen LogP contribution is 2.14. The smallest absolute Gasteiger partial charge is 0.213 e. The fourth-order valence-corrected chi connectivity index (χ4v) is 1.71. The molecular weight excluding hydrogens is 206 g/mol. The molecule has 2 heterocycles. The minimum atomic E-state index is 0.0129. The van der Waals surface area contributed by atoms with Gasteiger partial charge in [0.05, 0.1) is 12.7 Å². The van der Waals surface area contributed by atoms with Gasteiger partial charge in [0.15, 0.2) is 0 Å². The van der Waals surface area contributed by atoms with Crippen LogP contribution in [-0.4, -0.2) is 29.4 Å². The normalized spacial score (nSPS) is 20.7. The molecule has 0 spiro atoms. The van der Waals surface area contributed by atoms with Crippen molar-refractivity contribution in [1.29, 1.82) is 0 Å². The van der Waals surface area contributed by atoms with Crippen LogP contribution in [-0.2, 0) is 11.3 Å². The lowest BCUT2D eigenvalue weighted by molar-refractivity contribution is -0.0119. The van der Waals surface area contributed by atoms with Gasteiger partial charge in [0.1, 0.15) is 6.61 Å². The molecule has 4 nitrogen and oxygen atoms in total. The molecule has 0 aromatic carbocycles. The molecule has 0 aliphatic carbocycles. The van der Waals surface area contributed by atoms with Crippen molar-refractivity contribution < 1.29 is 14.6 Å². The van der Waals surface area contributed by atoms with Gasteiger partial charge < -0.3 is 14.6 Å². The second kappa shape index (κ2) is 5.82. The lowest BCUT2D eigenvalue weighted by Crippen LogP contribution is -2.25. The van der Waals surface area contributed by atoms with E-state index < -0.39 is 0 Å². The number of aliphatic hydroxyl groups excluding tert-OH is 1. The molecule has 0 bridgehead atoms. The Labute approximate surface area is 95.2 Å². The molecule has 1 aliphatic heterocycles. The molecular formula is C12H17NO3. The maximum Gasteiger partial charge on any atom is 0.213 e. The van der Waals surface area contributed by atoms with E-state index in [-0.39, 0.29) is 12.7 Å². The second-order valence-electron chi connectivity index (χ2n) is 3.96. The summed E-state index contributed by atoms with van der Waals surface area (Å²) in [6.45, 7) is 1.41.